The lowest BCUT2D eigenvalue weighted by Gasteiger charge is -2.26. The lowest BCUT2D eigenvalue weighted by Crippen LogP contribution is -2.40. The highest BCUT2D eigenvalue weighted by molar-refractivity contribution is 5.94. The summed E-state index contributed by atoms with van der Waals surface area (Å²) in [7, 11) is 1.67. The van der Waals surface area contributed by atoms with Gasteiger partial charge in [0.1, 0.15) is 11.6 Å². The number of benzene rings is 1. The number of nitrogens with zero attached hydrogens (tertiary/aromatic N) is 2. The molecule has 1 aliphatic rings. The fraction of sp³-hybridized carbons (Fsp3) is 0.333. The van der Waals surface area contributed by atoms with Gasteiger partial charge in [0.05, 0.1) is 25.9 Å². The smallest absolute Gasteiger partial charge is 0.255 e. The minimum Gasteiger partial charge on any atom is -0.497 e. The molecule has 1 saturated heterocycles. The Morgan fingerprint density at radius 1 is 1.29 bits per heavy atom. The van der Waals surface area contributed by atoms with E-state index in [1.807, 2.05) is 36.5 Å². The number of aromatic nitrogens is 2. The van der Waals surface area contributed by atoms with Gasteiger partial charge in [0.25, 0.3) is 5.91 Å². The molecule has 1 amide bonds. The third-order valence-electron chi connectivity index (χ3n) is 4.98. The zero-order valence-electron chi connectivity index (χ0n) is 15.9. The van der Waals surface area contributed by atoms with Crippen molar-refractivity contribution in [3.05, 3.63) is 53.9 Å². The largest absolute Gasteiger partial charge is 0.497 e. The third kappa shape index (κ3) is 3.94. The summed E-state index contributed by atoms with van der Waals surface area (Å²) < 4.78 is 10.6. The fourth-order valence-corrected chi connectivity index (χ4v) is 3.39. The number of carbonyl (C=O) groups is 1. The molecule has 1 aliphatic heterocycles. The van der Waals surface area contributed by atoms with Gasteiger partial charge in [0, 0.05) is 42.9 Å². The lowest BCUT2D eigenvalue weighted by atomic mass is 10.1. The molecule has 3 aromatic rings. The third-order valence-corrected chi connectivity index (χ3v) is 4.98. The molecule has 0 bridgehead atoms. The molecule has 1 aromatic carbocycles. The number of pyridine rings is 1. The Labute approximate surface area is 163 Å². The second kappa shape index (κ2) is 8.31. The number of fused-ring (bicyclic) bond motifs is 1. The van der Waals surface area contributed by atoms with Crippen LogP contribution in [0.3, 0.4) is 0 Å². The first-order valence-corrected chi connectivity index (χ1v) is 9.45. The van der Waals surface area contributed by atoms with Crippen LogP contribution in [0.4, 0.5) is 5.82 Å². The van der Waals surface area contributed by atoms with Crippen molar-refractivity contribution in [3.8, 4) is 5.75 Å². The Morgan fingerprint density at radius 2 is 2.14 bits per heavy atom. The van der Waals surface area contributed by atoms with Gasteiger partial charge in [-0.25, -0.2) is 4.98 Å². The van der Waals surface area contributed by atoms with Crippen molar-refractivity contribution in [2.24, 2.45) is 0 Å². The number of H-pyrrole nitrogens is 1. The number of morpholine rings is 1. The first kappa shape index (κ1) is 18.3. The number of methoxy groups -OCH3 is 1. The van der Waals surface area contributed by atoms with E-state index >= 15 is 0 Å². The number of hydrogen-bond acceptors (Lipinski definition) is 5. The van der Waals surface area contributed by atoms with E-state index < -0.39 is 0 Å². The number of hydrogen-bond donors (Lipinski definition) is 2. The molecular weight excluding hydrogens is 356 g/mol. The van der Waals surface area contributed by atoms with Crippen molar-refractivity contribution in [2.45, 2.75) is 6.42 Å². The maximum atomic E-state index is 12.5. The molecule has 28 heavy (non-hydrogen) atoms. The molecule has 0 radical (unpaired) electrons. The molecule has 0 unspecified atom stereocenters. The van der Waals surface area contributed by atoms with Gasteiger partial charge in [0.15, 0.2) is 0 Å². The predicted octanol–water partition coefficient (Wildman–Crippen LogP) is 2.70. The van der Waals surface area contributed by atoms with Crippen LogP contribution in [0, 0.1) is 0 Å². The van der Waals surface area contributed by atoms with Gasteiger partial charge >= 0.3 is 0 Å². The van der Waals surface area contributed by atoms with Crippen LogP contribution in [-0.2, 0) is 11.2 Å². The molecule has 7 heteroatoms. The van der Waals surface area contributed by atoms with Crippen molar-refractivity contribution in [1.29, 1.82) is 0 Å². The molecule has 0 spiro atoms. The molecular formula is C21H24N4O3. The van der Waals surface area contributed by atoms with Crippen LogP contribution in [0.2, 0.25) is 0 Å². The minimum absolute atomic E-state index is 0.00934. The normalized spacial score (nSPS) is 14.2. The average Bonchev–Trinajstić information content (AvgIpc) is 3.16. The molecule has 0 atom stereocenters. The van der Waals surface area contributed by atoms with Crippen LogP contribution in [0.15, 0.2) is 42.7 Å². The van der Waals surface area contributed by atoms with Gasteiger partial charge < -0.3 is 24.7 Å². The van der Waals surface area contributed by atoms with E-state index in [2.05, 4.69) is 15.3 Å². The summed E-state index contributed by atoms with van der Waals surface area (Å²) in [5, 5.41) is 4.49. The Morgan fingerprint density at radius 3 is 2.89 bits per heavy atom. The van der Waals surface area contributed by atoms with Gasteiger partial charge in [0.2, 0.25) is 0 Å². The summed E-state index contributed by atoms with van der Waals surface area (Å²) in [5.74, 6) is 1.62. The van der Waals surface area contributed by atoms with E-state index in [0.29, 0.717) is 31.9 Å². The van der Waals surface area contributed by atoms with Gasteiger partial charge in [-0.1, -0.05) is 0 Å². The molecule has 3 heterocycles. The summed E-state index contributed by atoms with van der Waals surface area (Å²) in [6, 6.07) is 9.70. The van der Waals surface area contributed by atoms with Crippen LogP contribution in [0.5, 0.6) is 5.75 Å². The van der Waals surface area contributed by atoms with Crippen LogP contribution in [-0.4, -0.2) is 60.7 Å². The number of aromatic amines is 1. The first-order chi connectivity index (χ1) is 13.7. The van der Waals surface area contributed by atoms with Gasteiger partial charge in [-0.2, -0.15) is 0 Å². The minimum atomic E-state index is 0.00934. The molecule has 0 aliphatic carbocycles. The molecule has 2 N–H and O–H groups in total. The van der Waals surface area contributed by atoms with Crippen LogP contribution >= 0.6 is 0 Å². The number of carbonyl (C=O) groups excluding carboxylic acids is 1. The lowest BCUT2D eigenvalue weighted by molar-refractivity contribution is 0.0302. The highest BCUT2D eigenvalue weighted by Gasteiger charge is 2.18. The summed E-state index contributed by atoms with van der Waals surface area (Å²) in [6.07, 6.45) is 4.52. The van der Waals surface area contributed by atoms with Crippen LogP contribution in [0.1, 0.15) is 15.9 Å². The van der Waals surface area contributed by atoms with E-state index in [1.165, 1.54) is 10.9 Å². The molecule has 2 aromatic heterocycles. The highest BCUT2D eigenvalue weighted by atomic mass is 16.5. The van der Waals surface area contributed by atoms with Gasteiger partial charge in [-0.05, 0) is 42.3 Å². The number of rotatable bonds is 6. The summed E-state index contributed by atoms with van der Waals surface area (Å²) >= 11 is 0. The average molecular weight is 380 g/mol. The second-order valence-corrected chi connectivity index (χ2v) is 6.74. The van der Waals surface area contributed by atoms with Gasteiger partial charge in [-0.3, -0.25) is 4.79 Å². The van der Waals surface area contributed by atoms with E-state index in [-0.39, 0.29) is 5.91 Å². The monoisotopic (exact) mass is 380 g/mol. The van der Waals surface area contributed by atoms with E-state index in [0.717, 1.165) is 30.0 Å². The van der Waals surface area contributed by atoms with Crippen molar-refractivity contribution in [1.82, 2.24) is 14.9 Å². The quantitative estimate of drug-likeness (QED) is 0.687. The zero-order valence-corrected chi connectivity index (χ0v) is 15.9. The molecule has 146 valence electrons. The molecule has 7 nitrogen and oxygen atoms in total. The number of amides is 1. The van der Waals surface area contributed by atoms with Crippen LogP contribution < -0.4 is 10.1 Å². The molecule has 1 fully saturated rings. The Balaban J connectivity index is 1.34. The van der Waals surface area contributed by atoms with Crippen molar-refractivity contribution in [3.63, 3.8) is 0 Å². The summed E-state index contributed by atoms with van der Waals surface area (Å²) in [5.41, 5.74) is 2.93. The fourth-order valence-electron chi connectivity index (χ4n) is 3.39. The summed E-state index contributed by atoms with van der Waals surface area (Å²) in [6.45, 7) is 3.20. The summed E-state index contributed by atoms with van der Waals surface area (Å²) in [4.78, 5) is 21.9. The van der Waals surface area contributed by atoms with E-state index in [1.54, 1.807) is 18.2 Å². The Bertz CT molecular complexity index is 946. The number of ether oxygens (including phenoxy) is 2. The van der Waals surface area contributed by atoms with Gasteiger partial charge in [-0.15, -0.1) is 0 Å². The zero-order chi connectivity index (χ0) is 19.3. The maximum Gasteiger partial charge on any atom is 0.255 e. The Kier molecular flexibility index (Phi) is 5.43. The van der Waals surface area contributed by atoms with Crippen molar-refractivity contribution in [2.75, 3.05) is 45.3 Å². The van der Waals surface area contributed by atoms with E-state index in [9.17, 15) is 4.79 Å². The van der Waals surface area contributed by atoms with Crippen molar-refractivity contribution < 1.29 is 14.3 Å². The Hall–Kier alpha value is -3.06. The van der Waals surface area contributed by atoms with Crippen LogP contribution in [0.25, 0.3) is 10.9 Å². The number of anilines is 1. The predicted molar refractivity (Wildman–Crippen MR) is 108 cm³/mol. The SMILES string of the molecule is COc1ccc2[nH]cc(CCNc3ccc(C(=O)N4CCOCC4)cn3)c2c1. The van der Waals surface area contributed by atoms with Crippen molar-refractivity contribution >= 4 is 22.6 Å². The standard InChI is InChI=1S/C21H24N4O3/c1-27-17-3-4-19-18(12-17)15(13-23-19)6-7-22-20-5-2-16(14-24-20)21(26)25-8-10-28-11-9-25/h2-5,12-14,23H,6-11H2,1H3,(H,22,24). The molecule has 4 rings (SSSR count). The topological polar surface area (TPSA) is 79.5 Å². The second-order valence-electron chi connectivity index (χ2n) is 6.74. The number of nitrogens with one attached hydrogen (secondary N) is 2. The first-order valence-electron chi connectivity index (χ1n) is 9.45. The highest BCUT2D eigenvalue weighted by Crippen LogP contribution is 2.24. The molecule has 0 saturated carbocycles. The van der Waals surface area contributed by atoms with E-state index in [4.69, 9.17) is 9.47 Å². The maximum absolute atomic E-state index is 12.5.